The summed E-state index contributed by atoms with van der Waals surface area (Å²) in [7, 11) is 0. The van der Waals surface area contributed by atoms with Crippen LogP contribution >= 0.6 is 22.9 Å². The maximum atomic E-state index is 10.6. The number of aliphatic carboxylic acids is 1. The number of piperidine rings is 1. The third-order valence-corrected chi connectivity index (χ3v) is 7.16. The predicted molar refractivity (Wildman–Crippen MR) is 120 cm³/mol. The van der Waals surface area contributed by atoms with Gasteiger partial charge in [-0.15, -0.1) is 22.9 Å². The molecule has 1 fully saturated rings. The van der Waals surface area contributed by atoms with Gasteiger partial charge in [-0.25, -0.2) is 4.79 Å². The van der Waals surface area contributed by atoms with Crippen LogP contribution in [0.15, 0.2) is 36.1 Å². The number of nitrogens with one attached hydrogen (secondary N) is 1. The highest BCUT2D eigenvalue weighted by Gasteiger charge is 2.26. The summed E-state index contributed by atoms with van der Waals surface area (Å²) in [4.78, 5) is 22.1. The highest BCUT2D eigenvalue weighted by atomic mass is 35.5. The second kappa shape index (κ2) is 9.92. The van der Waals surface area contributed by atoms with E-state index in [4.69, 9.17) is 21.4 Å². The monoisotopic (exact) mass is 447 g/mol. The van der Waals surface area contributed by atoms with Crippen LogP contribution in [0.5, 0.6) is 0 Å². The lowest BCUT2D eigenvalue weighted by Gasteiger charge is -2.32. The number of rotatable bonds is 9. The Morgan fingerprint density at radius 3 is 2.93 bits per heavy atom. The molecule has 0 amide bonds. The number of aromatic amines is 1. The van der Waals surface area contributed by atoms with Crippen molar-refractivity contribution >= 4 is 39.8 Å². The third kappa shape index (κ3) is 4.70. The molecule has 30 heavy (non-hydrogen) atoms. The molecule has 0 bridgehead atoms. The van der Waals surface area contributed by atoms with Crippen LogP contribution < -0.4 is 0 Å². The molecular weight excluding hydrogens is 422 g/mol. The lowest BCUT2D eigenvalue weighted by atomic mass is 9.86. The van der Waals surface area contributed by atoms with Gasteiger partial charge >= 0.3 is 5.97 Å². The van der Waals surface area contributed by atoms with Gasteiger partial charge in [0.1, 0.15) is 6.61 Å². The zero-order valence-electron chi connectivity index (χ0n) is 16.7. The number of aromatic nitrogens is 2. The fourth-order valence-corrected chi connectivity index (χ4v) is 5.61. The highest BCUT2D eigenvalue weighted by molar-refractivity contribution is 7.10. The van der Waals surface area contributed by atoms with Crippen molar-refractivity contribution in [2.45, 2.75) is 24.7 Å². The minimum atomic E-state index is -0.920. The van der Waals surface area contributed by atoms with E-state index < -0.39 is 5.97 Å². The van der Waals surface area contributed by atoms with Crippen molar-refractivity contribution in [1.29, 1.82) is 0 Å². The topological polar surface area (TPSA) is 78.5 Å². The molecule has 0 aromatic carbocycles. The molecular formula is C22H26ClN3O3S. The van der Waals surface area contributed by atoms with Crippen LogP contribution in [-0.4, -0.2) is 64.7 Å². The van der Waals surface area contributed by atoms with Crippen LogP contribution in [0.2, 0.25) is 0 Å². The number of carboxylic acid groups (broad SMARTS) is 1. The zero-order valence-corrected chi connectivity index (χ0v) is 18.3. The normalized spacial score (nSPS) is 16.8. The smallest absolute Gasteiger partial charge is 0.329 e. The molecule has 1 aliphatic rings. The fraction of sp³-hybridized carbons (Fsp3) is 0.455. The first-order valence-electron chi connectivity index (χ1n) is 10.2. The Balaban J connectivity index is 1.48. The number of hydrogen-bond acceptors (Lipinski definition) is 5. The van der Waals surface area contributed by atoms with E-state index in [9.17, 15) is 4.79 Å². The third-order valence-electron chi connectivity index (χ3n) is 5.87. The van der Waals surface area contributed by atoms with Crippen molar-refractivity contribution in [2.75, 3.05) is 38.7 Å². The number of carbonyl (C=O) groups is 1. The number of nitrogens with zero attached hydrogens (tertiary/aromatic N) is 2. The summed E-state index contributed by atoms with van der Waals surface area (Å²) in [5.41, 5.74) is 3.63. The standard InChI is InChI=1S/C22H26ClN3O3S/c23-10-16(20-2-1-9-30-20)18-11-24-13-19-22(18)17(12-25-19)15-3-5-26(6-4-15)7-8-29-14-21(27)28/h1-2,9,11-13,15-16,25H,3-8,10,14H2,(H,27,28). The van der Waals surface area contributed by atoms with E-state index in [1.807, 2.05) is 12.4 Å². The van der Waals surface area contributed by atoms with Gasteiger partial charge < -0.3 is 19.7 Å². The van der Waals surface area contributed by atoms with Gasteiger partial charge in [0.15, 0.2) is 0 Å². The van der Waals surface area contributed by atoms with Gasteiger partial charge in [0, 0.05) is 41.0 Å². The molecule has 8 heteroatoms. The summed E-state index contributed by atoms with van der Waals surface area (Å²) in [6, 6.07) is 4.22. The van der Waals surface area contributed by atoms with E-state index in [-0.39, 0.29) is 12.5 Å². The molecule has 0 radical (unpaired) electrons. The summed E-state index contributed by atoms with van der Waals surface area (Å²) < 4.78 is 5.18. The number of pyridine rings is 1. The molecule has 4 rings (SSSR count). The molecule has 3 aromatic heterocycles. The van der Waals surface area contributed by atoms with Crippen LogP contribution in [0.3, 0.4) is 0 Å². The quantitative estimate of drug-likeness (QED) is 0.378. The molecule has 6 nitrogen and oxygen atoms in total. The van der Waals surface area contributed by atoms with Crippen LogP contribution in [0.4, 0.5) is 0 Å². The van der Waals surface area contributed by atoms with E-state index in [2.05, 4.69) is 38.6 Å². The van der Waals surface area contributed by atoms with Gasteiger partial charge in [0.05, 0.1) is 18.3 Å². The van der Waals surface area contributed by atoms with Gasteiger partial charge in [-0.2, -0.15) is 0 Å². The second-order valence-electron chi connectivity index (χ2n) is 7.68. The molecule has 3 aromatic rings. The average Bonchev–Trinajstić information content (AvgIpc) is 3.43. The number of halogens is 1. The zero-order chi connectivity index (χ0) is 20.9. The number of fused-ring (bicyclic) bond motifs is 1. The maximum absolute atomic E-state index is 10.6. The fourth-order valence-electron chi connectivity index (χ4n) is 4.34. The van der Waals surface area contributed by atoms with Crippen LogP contribution in [0.1, 0.15) is 40.7 Å². The van der Waals surface area contributed by atoms with Gasteiger partial charge in [-0.05, 0) is 54.4 Å². The Labute approximate surface area is 184 Å². The SMILES string of the molecule is O=C(O)COCCN1CCC(c2c[nH]c3cncc(C(CCl)c4cccs4)c23)CC1. The Morgan fingerprint density at radius 1 is 1.40 bits per heavy atom. The van der Waals surface area contributed by atoms with Crippen molar-refractivity contribution in [1.82, 2.24) is 14.9 Å². The summed E-state index contributed by atoms with van der Waals surface area (Å²) in [5, 5.41) is 12.0. The molecule has 4 heterocycles. The molecule has 0 aliphatic carbocycles. The molecule has 1 unspecified atom stereocenters. The number of alkyl halides is 1. The number of thiophene rings is 1. The van der Waals surface area contributed by atoms with Crippen molar-refractivity contribution in [3.8, 4) is 0 Å². The van der Waals surface area contributed by atoms with Crippen LogP contribution in [0, 0.1) is 0 Å². The summed E-state index contributed by atoms with van der Waals surface area (Å²) in [5.74, 6) is 0.233. The Bertz CT molecular complexity index is 967. The first-order valence-corrected chi connectivity index (χ1v) is 11.6. The van der Waals surface area contributed by atoms with E-state index in [0.717, 1.165) is 38.0 Å². The van der Waals surface area contributed by atoms with Crippen LogP contribution in [0.25, 0.3) is 10.9 Å². The predicted octanol–water partition coefficient (Wildman–Crippen LogP) is 4.28. The van der Waals surface area contributed by atoms with E-state index >= 15 is 0 Å². The Hall–Kier alpha value is -1.93. The van der Waals surface area contributed by atoms with Crippen LogP contribution in [-0.2, 0) is 9.53 Å². The van der Waals surface area contributed by atoms with E-state index in [1.54, 1.807) is 11.3 Å². The first-order chi connectivity index (χ1) is 14.7. The molecule has 2 N–H and O–H groups in total. The van der Waals surface area contributed by atoms with Gasteiger partial charge in [0.25, 0.3) is 0 Å². The summed E-state index contributed by atoms with van der Waals surface area (Å²) >= 11 is 8.15. The minimum absolute atomic E-state index is 0.142. The van der Waals surface area contributed by atoms with Crippen molar-refractivity contribution < 1.29 is 14.6 Å². The Morgan fingerprint density at radius 2 is 2.23 bits per heavy atom. The summed E-state index contributed by atoms with van der Waals surface area (Å²) in [6.07, 6.45) is 8.15. The van der Waals surface area contributed by atoms with Crippen molar-refractivity contribution in [3.63, 3.8) is 0 Å². The number of carboxylic acids is 1. The molecule has 1 aliphatic heterocycles. The number of likely N-dealkylation sites (tertiary alicyclic amines) is 1. The van der Waals surface area contributed by atoms with E-state index in [1.165, 1.54) is 21.4 Å². The molecule has 160 valence electrons. The number of H-pyrrole nitrogens is 1. The Kier molecular flexibility index (Phi) is 7.04. The lowest BCUT2D eigenvalue weighted by Crippen LogP contribution is -2.35. The van der Waals surface area contributed by atoms with Gasteiger partial charge in [0.2, 0.25) is 0 Å². The maximum Gasteiger partial charge on any atom is 0.329 e. The minimum Gasteiger partial charge on any atom is -0.480 e. The van der Waals surface area contributed by atoms with E-state index in [0.29, 0.717) is 18.4 Å². The second-order valence-corrected chi connectivity index (χ2v) is 8.97. The first kappa shape index (κ1) is 21.3. The number of hydrogen-bond donors (Lipinski definition) is 2. The lowest BCUT2D eigenvalue weighted by molar-refractivity contribution is -0.142. The molecule has 1 saturated heterocycles. The van der Waals surface area contributed by atoms with Gasteiger partial charge in [-0.1, -0.05) is 6.07 Å². The molecule has 0 saturated carbocycles. The number of ether oxygens (including phenoxy) is 1. The van der Waals surface area contributed by atoms with Gasteiger partial charge in [-0.3, -0.25) is 4.98 Å². The molecule has 0 spiro atoms. The summed E-state index contributed by atoms with van der Waals surface area (Å²) in [6.45, 7) is 2.97. The van der Waals surface area contributed by atoms with Crippen molar-refractivity contribution in [2.24, 2.45) is 0 Å². The van der Waals surface area contributed by atoms with Crippen molar-refractivity contribution in [3.05, 3.63) is 52.1 Å². The molecule has 1 atom stereocenters. The highest BCUT2D eigenvalue weighted by Crippen LogP contribution is 2.39. The average molecular weight is 448 g/mol. The largest absolute Gasteiger partial charge is 0.480 e.